The zero-order valence-electron chi connectivity index (χ0n) is 14.4. The third kappa shape index (κ3) is 3.07. The van der Waals surface area contributed by atoms with E-state index < -0.39 is 22.3 Å². The van der Waals surface area contributed by atoms with Crippen molar-refractivity contribution >= 4 is 16.1 Å². The maximum Gasteiger partial charge on any atom is 0.280 e. The smallest absolute Gasteiger partial charge is 0.280 e. The zero-order chi connectivity index (χ0) is 17.5. The maximum absolute atomic E-state index is 12.8. The van der Waals surface area contributed by atoms with Crippen molar-refractivity contribution in [3.63, 3.8) is 0 Å². The Morgan fingerprint density at radius 1 is 1.38 bits per heavy atom. The van der Waals surface area contributed by atoms with Crippen LogP contribution in [0.1, 0.15) is 43.5 Å². The molecule has 0 spiro atoms. The standard InChI is InChI=1S/C15H25N5O3S/c1-4-20-10-12(11(2)16-20)13-9-14(18(3)24(22,23)17-13)15(21)19-7-5-6-8-19/h10,13-14,17H,4-9H2,1-3H3/t13-,14-/m1/s1. The van der Waals surface area contributed by atoms with Crippen LogP contribution in [0.4, 0.5) is 0 Å². The number of aromatic nitrogens is 2. The van der Waals surface area contributed by atoms with Crippen LogP contribution in [0.2, 0.25) is 0 Å². The van der Waals surface area contributed by atoms with Gasteiger partial charge in [0.15, 0.2) is 0 Å². The molecular formula is C15H25N5O3S. The van der Waals surface area contributed by atoms with Crippen LogP contribution in [-0.4, -0.2) is 59.5 Å². The second-order valence-electron chi connectivity index (χ2n) is 6.50. The Labute approximate surface area is 143 Å². The highest BCUT2D eigenvalue weighted by Gasteiger charge is 2.43. The highest BCUT2D eigenvalue weighted by molar-refractivity contribution is 7.87. The van der Waals surface area contributed by atoms with Crippen molar-refractivity contribution in [3.8, 4) is 0 Å². The summed E-state index contributed by atoms with van der Waals surface area (Å²) in [5.74, 6) is -0.0920. The van der Waals surface area contributed by atoms with Gasteiger partial charge in [-0.1, -0.05) is 0 Å². The van der Waals surface area contributed by atoms with E-state index in [2.05, 4.69) is 9.82 Å². The molecule has 0 aliphatic carbocycles. The molecule has 24 heavy (non-hydrogen) atoms. The lowest BCUT2D eigenvalue weighted by atomic mass is 10.00. The van der Waals surface area contributed by atoms with E-state index in [1.807, 2.05) is 20.0 Å². The molecule has 2 aliphatic heterocycles. The third-order valence-electron chi connectivity index (χ3n) is 4.95. The average molecular weight is 355 g/mol. The summed E-state index contributed by atoms with van der Waals surface area (Å²) >= 11 is 0. The van der Waals surface area contributed by atoms with Gasteiger partial charge in [0.05, 0.1) is 11.7 Å². The number of rotatable bonds is 3. The van der Waals surface area contributed by atoms with E-state index in [-0.39, 0.29) is 5.91 Å². The van der Waals surface area contributed by atoms with Gasteiger partial charge in [0.25, 0.3) is 10.2 Å². The molecule has 0 saturated carbocycles. The lowest BCUT2D eigenvalue weighted by Crippen LogP contribution is -2.57. The lowest BCUT2D eigenvalue weighted by molar-refractivity contribution is -0.134. The van der Waals surface area contributed by atoms with Crippen LogP contribution in [0.5, 0.6) is 0 Å². The molecular weight excluding hydrogens is 330 g/mol. The Morgan fingerprint density at radius 2 is 2.04 bits per heavy atom. The van der Waals surface area contributed by atoms with Crippen molar-refractivity contribution in [1.82, 2.24) is 23.7 Å². The Morgan fingerprint density at radius 3 is 2.62 bits per heavy atom. The first-order valence-corrected chi connectivity index (χ1v) is 9.85. The largest absolute Gasteiger partial charge is 0.341 e. The quantitative estimate of drug-likeness (QED) is 0.851. The second kappa shape index (κ2) is 6.45. The third-order valence-corrected chi connectivity index (χ3v) is 6.55. The molecule has 2 aliphatic rings. The van der Waals surface area contributed by atoms with Gasteiger partial charge < -0.3 is 4.90 Å². The van der Waals surface area contributed by atoms with Crippen LogP contribution in [0.15, 0.2) is 6.20 Å². The minimum absolute atomic E-state index is 0.0920. The van der Waals surface area contributed by atoms with Gasteiger partial charge in [-0.2, -0.15) is 22.5 Å². The molecule has 1 aromatic heterocycles. The summed E-state index contributed by atoms with van der Waals surface area (Å²) in [6.07, 6.45) is 4.25. The predicted molar refractivity (Wildman–Crippen MR) is 89.4 cm³/mol. The Bertz CT molecular complexity index is 723. The molecule has 1 amide bonds. The molecule has 3 rings (SSSR count). The fourth-order valence-corrected chi connectivity index (χ4v) is 4.74. The summed E-state index contributed by atoms with van der Waals surface area (Å²) in [5, 5.41) is 4.39. The van der Waals surface area contributed by atoms with Gasteiger partial charge in [0.2, 0.25) is 5.91 Å². The summed E-state index contributed by atoms with van der Waals surface area (Å²) in [4.78, 5) is 14.6. The van der Waals surface area contributed by atoms with Crippen molar-refractivity contribution in [2.75, 3.05) is 20.1 Å². The molecule has 0 radical (unpaired) electrons. The summed E-state index contributed by atoms with van der Waals surface area (Å²) in [6.45, 7) is 6.00. The summed E-state index contributed by atoms with van der Waals surface area (Å²) in [5.41, 5.74) is 1.63. The summed E-state index contributed by atoms with van der Waals surface area (Å²) < 4.78 is 30.6. The first-order valence-electron chi connectivity index (χ1n) is 8.41. The van der Waals surface area contributed by atoms with E-state index >= 15 is 0 Å². The summed E-state index contributed by atoms with van der Waals surface area (Å²) in [6, 6.07) is -1.09. The van der Waals surface area contributed by atoms with Gasteiger partial charge in [0.1, 0.15) is 6.04 Å². The van der Waals surface area contributed by atoms with Gasteiger partial charge in [-0.05, 0) is 33.1 Å². The van der Waals surface area contributed by atoms with Gasteiger partial charge in [-0.15, -0.1) is 0 Å². The van der Waals surface area contributed by atoms with Crippen LogP contribution in [-0.2, 0) is 21.5 Å². The molecule has 8 nitrogen and oxygen atoms in total. The highest BCUT2D eigenvalue weighted by atomic mass is 32.2. The first-order chi connectivity index (χ1) is 11.3. The molecule has 1 aromatic rings. The fraction of sp³-hybridized carbons (Fsp3) is 0.733. The van der Waals surface area contributed by atoms with Crippen molar-refractivity contribution in [1.29, 1.82) is 0 Å². The van der Waals surface area contributed by atoms with E-state index in [0.717, 1.165) is 30.6 Å². The van der Waals surface area contributed by atoms with Gasteiger partial charge in [-0.25, -0.2) is 0 Å². The fourth-order valence-electron chi connectivity index (χ4n) is 3.48. The number of amides is 1. The van der Waals surface area contributed by atoms with Crippen LogP contribution >= 0.6 is 0 Å². The van der Waals surface area contributed by atoms with Crippen LogP contribution in [0, 0.1) is 6.92 Å². The minimum Gasteiger partial charge on any atom is -0.341 e. The first kappa shape index (κ1) is 17.4. The molecule has 2 fully saturated rings. The lowest BCUT2D eigenvalue weighted by Gasteiger charge is -2.37. The number of likely N-dealkylation sites (N-methyl/N-ethyl adjacent to an activating group) is 1. The average Bonchev–Trinajstić information content (AvgIpc) is 3.18. The minimum atomic E-state index is -3.70. The van der Waals surface area contributed by atoms with Crippen LogP contribution in [0.3, 0.4) is 0 Å². The molecule has 1 N–H and O–H groups in total. The number of likely N-dealkylation sites (tertiary alicyclic amines) is 1. The SMILES string of the molecule is CCn1cc([C@H]2C[C@H](C(=O)N3CCCC3)N(C)S(=O)(=O)N2)c(C)n1. The molecule has 2 atom stereocenters. The molecule has 2 saturated heterocycles. The number of hydrogen-bond donors (Lipinski definition) is 1. The molecule has 134 valence electrons. The number of aryl methyl sites for hydroxylation is 2. The Kier molecular flexibility index (Phi) is 4.67. The van der Waals surface area contributed by atoms with Crippen molar-refractivity contribution in [2.45, 2.75) is 51.7 Å². The van der Waals surface area contributed by atoms with E-state index in [4.69, 9.17) is 0 Å². The Hall–Kier alpha value is -1.45. The molecule has 0 unspecified atom stereocenters. The van der Waals surface area contributed by atoms with Crippen molar-refractivity contribution < 1.29 is 13.2 Å². The number of nitrogens with zero attached hydrogens (tertiary/aromatic N) is 4. The van der Waals surface area contributed by atoms with Crippen LogP contribution < -0.4 is 4.72 Å². The highest BCUT2D eigenvalue weighted by Crippen LogP contribution is 2.30. The number of hydrogen-bond acceptors (Lipinski definition) is 4. The molecule has 3 heterocycles. The number of carbonyl (C=O) groups excluding carboxylic acids is 1. The second-order valence-corrected chi connectivity index (χ2v) is 8.26. The van der Waals surface area contributed by atoms with E-state index in [1.54, 1.807) is 9.58 Å². The summed E-state index contributed by atoms with van der Waals surface area (Å²) in [7, 11) is -2.23. The molecule has 9 heteroatoms. The monoisotopic (exact) mass is 355 g/mol. The van der Waals surface area contributed by atoms with E-state index in [9.17, 15) is 13.2 Å². The normalized spacial score (nSPS) is 27.5. The van der Waals surface area contributed by atoms with Gasteiger partial charge >= 0.3 is 0 Å². The Balaban J connectivity index is 1.89. The molecule has 0 aromatic carbocycles. The van der Waals surface area contributed by atoms with E-state index in [1.165, 1.54) is 11.4 Å². The topological polar surface area (TPSA) is 87.5 Å². The predicted octanol–water partition coefficient (Wildman–Crippen LogP) is 0.413. The van der Waals surface area contributed by atoms with Crippen molar-refractivity contribution in [2.24, 2.45) is 0 Å². The zero-order valence-corrected chi connectivity index (χ0v) is 15.2. The molecule has 0 bridgehead atoms. The van der Waals surface area contributed by atoms with Gasteiger partial charge in [-0.3, -0.25) is 9.48 Å². The van der Waals surface area contributed by atoms with Crippen LogP contribution in [0.25, 0.3) is 0 Å². The maximum atomic E-state index is 12.8. The van der Waals surface area contributed by atoms with Gasteiger partial charge in [0, 0.05) is 38.4 Å². The number of nitrogens with one attached hydrogen (secondary N) is 1. The number of carbonyl (C=O) groups is 1. The van der Waals surface area contributed by atoms with Crippen molar-refractivity contribution in [3.05, 3.63) is 17.5 Å². The van der Waals surface area contributed by atoms with E-state index in [0.29, 0.717) is 19.5 Å².